The van der Waals surface area contributed by atoms with Gasteiger partial charge in [0.25, 0.3) is 5.69 Å². The molecule has 1 rings (SSSR count). The third kappa shape index (κ3) is 4.40. The van der Waals surface area contributed by atoms with E-state index in [9.17, 15) is 10.1 Å². The van der Waals surface area contributed by atoms with Crippen LogP contribution in [0, 0.1) is 16.0 Å². The maximum atomic E-state index is 10.6. The fraction of sp³-hybridized carbons (Fsp3) is 0.500. The number of nitro benzene ring substituents is 1. The van der Waals surface area contributed by atoms with E-state index in [1.807, 2.05) is 0 Å². The molecule has 0 aliphatic carbocycles. The van der Waals surface area contributed by atoms with Crippen molar-refractivity contribution in [3.63, 3.8) is 0 Å². The summed E-state index contributed by atoms with van der Waals surface area (Å²) in [5.74, 6) is 0.581. The monoisotopic (exact) mass is 238 g/mol. The Kier molecular flexibility index (Phi) is 4.90. The lowest BCUT2D eigenvalue weighted by Crippen LogP contribution is -2.02. The van der Waals surface area contributed by atoms with Crippen molar-refractivity contribution in [3.05, 3.63) is 33.9 Å². The van der Waals surface area contributed by atoms with Crippen molar-refractivity contribution in [1.29, 1.82) is 0 Å². The second-order valence-electron chi connectivity index (χ2n) is 4.38. The van der Waals surface area contributed by atoms with E-state index < -0.39 is 4.92 Å². The summed E-state index contributed by atoms with van der Waals surface area (Å²) < 4.78 is 5.44. The first kappa shape index (κ1) is 13.4. The van der Waals surface area contributed by atoms with E-state index in [4.69, 9.17) is 10.5 Å². The maximum absolute atomic E-state index is 10.6. The second kappa shape index (κ2) is 6.20. The summed E-state index contributed by atoms with van der Waals surface area (Å²) in [7, 11) is 0. The molecule has 0 aromatic heterocycles. The summed E-state index contributed by atoms with van der Waals surface area (Å²) in [5, 5.41) is 10.6. The van der Waals surface area contributed by atoms with E-state index in [0.717, 1.165) is 6.42 Å². The summed E-state index contributed by atoms with van der Waals surface area (Å²) in [5.41, 5.74) is 6.97. The van der Waals surface area contributed by atoms with Gasteiger partial charge in [-0.3, -0.25) is 10.1 Å². The molecule has 0 unspecified atom stereocenters. The lowest BCUT2D eigenvalue weighted by molar-refractivity contribution is -0.384. The molecular weight excluding hydrogens is 220 g/mol. The van der Waals surface area contributed by atoms with Crippen LogP contribution in [-0.2, 0) is 11.3 Å². The predicted molar refractivity (Wildman–Crippen MR) is 66.6 cm³/mol. The van der Waals surface area contributed by atoms with Crippen LogP contribution < -0.4 is 5.73 Å². The normalized spacial score (nSPS) is 10.8. The van der Waals surface area contributed by atoms with Crippen molar-refractivity contribution in [2.75, 3.05) is 12.3 Å². The zero-order valence-corrected chi connectivity index (χ0v) is 10.2. The molecule has 0 atom stereocenters. The Balaban J connectivity index is 2.57. The van der Waals surface area contributed by atoms with Gasteiger partial charge in [0.05, 0.1) is 11.5 Å². The minimum absolute atomic E-state index is 0.0432. The first-order valence-corrected chi connectivity index (χ1v) is 5.61. The highest BCUT2D eigenvalue weighted by molar-refractivity contribution is 5.52. The molecular formula is C12H18N2O3. The van der Waals surface area contributed by atoms with Gasteiger partial charge >= 0.3 is 0 Å². The van der Waals surface area contributed by atoms with E-state index in [2.05, 4.69) is 13.8 Å². The van der Waals surface area contributed by atoms with Crippen molar-refractivity contribution in [2.24, 2.45) is 5.92 Å². The number of nitrogens with zero attached hydrogens (tertiary/aromatic N) is 1. The number of hydrogen-bond donors (Lipinski definition) is 1. The van der Waals surface area contributed by atoms with Crippen LogP contribution in [0.4, 0.5) is 11.4 Å². The summed E-state index contributed by atoms with van der Waals surface area (Å²) in [6.07, 6.45) is 0.967. The van der Waals surface area contributed by atoms with Gasteiger partial charge in [-0.2, -0.15) is 0 Å². The number of benzene rings is 1. The fourth-order valence-electron chi connectivity index (χ4n) is 1.33. The SMILES string of the molecule is CC(C)CCOCc1cc([N+](=O)[O-])ccc1N. The molecule has 0 spiro atoms. The van der Waals surface area contributed by atoms with Crippen molar-refractivity contribution >= 4 is 11.4 Å². The number of nitro groups is 1. The van der Waals surface area contributed by atoms with Gasteiger partial charge < -0.3 is 10.5 Å². The van der Waals surface area contributed by atoms with Crippen LogP contribution in [0.25, 0.3) is 0 Å². The van der Waals surface area contributed by atoms with Gasteiger partial charge in [0.15, 0.2) is 0 Å². The Bertz CT molecular complexity index is 391. The molecule has 0 amide bonds. The van der Waals surface area contributed by atoms with Crippen LogP contribution in [0.3, 0.4) is 0 Å². The van der Waals surface area contributed by atoms with E-state index in [1.54, 1.807) is 6.07 Å². The number of rotatable bonds is 6. The van der Waals surface area contributed by atoms with Crippen molar-refractivity contribution in [1.82, 2.24) is 0 Å². The Hall–Kier alpha value is -1.62. The molecule has 5 heteroatoms. The average Bonchev–Trinajstić information content (AvgIpc) is 2.25. The molecule has 94 valence electrons. The molecule has 1 aromatic carbocycles. The van der Waals surface area contributed by atoms with E-state index >= 15 is 0 Å². The Labute approximate surface area is 101 Å². The smallest absolute Gasteiger partial charge is 0.269 e. The molecule has 2 N–H and O–H groups in total. The second-order valence-corrected chi connectivity index (χ2v) is 4.38. The molecule has 0 fully saturated rings. The van der Waals surface area contributed by atoms with Crippen molar-refractivity contribution < 1.29 is 9.66 Å². The van der Waals surface area contributed by atoms with Crippen LogP contribution >= 0.6 is 0 Å². The minimum Gasteiger partial charge on any atom is -0.398 e. The number of non-ortho nitro benzene ring substituents is 1. The number of hydrogen-bond acceptors (Lipinski definition) is 4. The molecule has 0 saturated heterocycles. The molecule has 17 heavy (non-hydrogen) atoms. The summed E-state index contributed by atoms with van der Waals surface area (Å²) in [6.45, 7) is 5.19. The van der Waals surface area contributed by atoms with E-state index in [-0.39, 0.29) is 5.69 Å². The molecule has 0 radical (unpaired) electrons. The molecule has 1 aromatic rings. The third-order valence-electron chi connectivity index (χ3n) is 2.43. The van der Waals surface area contributed by atoms with E-state index in [1.165, 1.54) is 12.1 Å². The quantitative estimate of drug-likeness (QED) is 0.357. The van der Waals surface area contributed by atoms with Crippen LogP contribution in [0.15, 0.2) is 18.2 Å². The van der Waals surface area contributed by atoms with Crippen LogP contribution in [-0.4, -0.2) is 11.5 Å². The van der Waals surface area contributed by atoms with Gasteiger partial charge in [0.2, 0.25) is 0 Å². The summed E-state index contributed by atoms with van der Waals surface area (Å²) in [6, 6.07) is 4.40. The minimum atomic E-state index is -0.433. The van der Waals surface area contributed by atoms with Crippen LogP contribution in [0.5, 0.6) is 0 Å². The number of nitrogens with two attached hydrogens (primary N) is 1. The molecule has 0 bridgehead atoms. The van der Waals surface area contributed by atoms with Gasteiger partial charge in [-0.1, -0.05) is 13.8 Å². The molecule has 0 aliphatic rings. The molecule has 0 heterocycles. The molecule has 5 nitrogen and oxygen atoms in total. The van der Waals surface area contributed by atoms with Crippen LogP contribution in [0.1, 0.15) is 25.8 Å². The average molecular weight is 238 g/mol. The molecule has 0 saturated carbocycles. The standard InChI is InChI=1S/C12H18N2O3/c1-9(2)5-6-17-8-10-7-11(14(15)16)3-4-12(10)13/h3-4,7,9H,5-6,8,13H2,1-2H3. The zero-order valence-electron chi connectivity index (χ0n) is 10.2. The van der Waals surface area contributed by atoms with Crippen molar-refractivity contribution in [2.45, 2.75) is 26.9 Å². The first-order chi connectivity index (χ1) is 8.00. The lowest BCUT2D eigenvalue weighted by atomic mass is 10.1. The predicted octanol–water partition coefficient (Wildman–Crippen LogP) is 2.74. The van der Waals surface area contributed by atoms with Crippen molar-refractivity contribution in [3.8, 4) is 0 Å². The van der Waals surface area contributed by atoms with Crippen LogP contribution in [0.2, 0.25) is 0 Å². The first-order valence-electron chi connectivity index (χ1n) is 5.61. The number of nitrogen functional groups attached to an aromatic ring is 1. The highest BCUT2D eigenvalue weighted by Gasteiger charge is 2.09. The van der Waals surface area contributed by atoms with Gasteiger partial charge in [0, 0.05) is 30.0 Å². The summed E-state index contributed by atoms with van der Waals surface area (Å²) >= 11 is 0. The number of anilines is 1. The summed E-state index contributed by atoms with van der Waals surface area (Å²) in [4.78, 5) is 10.2. The van der Waals surface area contributed by atoms with Gasteiger partial charge in [0.1, 0.15) is 0 Å². The highest BCUT2D eigenvalue weighted by Crippen LogP contribution is 2.20. The van der Waals surface area contributed by atoms with E-state index in [0.29, 0.717) is 30.4 Å². The van der Waals surface area contributed by atoms with Gasteiger partial charge in [-0.15, -0.1) is 0 Å². The Morgan fingerprint density at radius 1 is 1.47 bits per heavy atom. The highest BCUT2D eigenvalue weighted by atomic mass is 16.6. The van der Waals surface area contributed by atoms with Gasteiger partial charge in [-0.05, 0) is 18.4 Å². The molecule has 0 aliphatic heterocycles. The fourth-order valence-corrected chi connectivity index (χ4v) is 1.33. The Morgan fingerprint density at radius 3 is 2.76 bits per heavy atom. The third-order valence-corrected chi connectivity index (χ3v) is 2.43. The largest absolute Gasteiger partial charge is 0.398 e. The topological polar surface area (TPSA) is 78.4 Å². The number of ether oxygens (including phenoxy) is 1. The zero-order chi connectivity index (χ0) is 12.8. The Morgan fingerprint density at radius 2 is 2.18 bits per heavy atom. The maximum Gasteiger partial charge on any atom is 0.269 e. The lowest BCUT2D eigenvalue weighted by Gasteiger charge is -2.08. The van der Waals surface area contributed by atoms with Gasteiger partial charge in [-0.25, -0.2) is 0 Å².